The van der Waals surface area contributed by atoms with E-state index in [0.29, 0.717) is 32.2 Å². The molecule has 6 unspecified atom stereocenters. The molecule has 6 aromatic heterocycles. The third-order valence-electron chi connectivity index (χ3n) is 20.8. The Bertz CT molecular complexity index is 6230. The minimum atomic E-state index is -3.76. The first-order valence-corrected chi connectivity index (χ1v) is 47.9. The van der Waals surface area contributed by atoms with Gasteiger partial charge in [-0.15, -0.1) is 30.6 Å². The molecule has 0 radical (unpaired) electrons. The molecule has 4 aliphatic heterocycles. The Morgan fingerprint density at radius 2 is 0.664 bits per heavy atom. The average molecular weight is 1790 g/mol. The van der Waals surface area contributed by atoms with Gasteiger partial charge in [0.25, 0.3) is 5.92 Å². The number of benzene rings is 6. The quantitative estimate of drug-likeness (QED) is 0.0508. The topological polar surface area (TPSA) is 433 Å². The molecule has 0 N–H and O–H groups in total. The van der Waals surface area contributed by atoms with Crippen molar-refractivity contribution in [3.05, 3.63) is 216 Å². The monoisotopic (exact) mass is 1790 g/mol. The van der Waals surface area contributed by atoms with Gasteiger partial charge in [-0.2, -0.15) is 0 Å². The summed E-state index contributed by atoms with van der Waals surface area (Å²) in [4.78, 5) is 1.28. The molecule has 0 amide bonds. The molecule has 122 heavy (non-hydrogen) atoms. The van der Waals surface area contributed by atoms with E-state index in [0.717, 1.165) is 77.1 Å². The van der Waals surface area contributed by atoms with E-state index in [-0.39, 0.29) is 103 Å². The first-order valence-electron chi connectivity index (χ1n) is 39.0. The smallest absolute Gasteiger partial charge is 0.253 e. The van der Waals surface area contributed by atoms with Crippen LogP contribution in [-0.4, -0.2) is 197 Å². The second-order valence-electron chi connectivity index (χ2n) is 31.2. The Kier molecular flexibility index (Phi) is 26.8. The lowest BCUT2D eigenvalue weighted by Crippen LogP contribution is -2.33. The number of hydrogen-bond donors (Lipinski definition) is 0. The molecule has 42 heteroatoms. The van der Waals surface area contributed by atoms with E-state index in [2.05, 4.69) is 61.9 Å². The van der Waals surface area contributed by atoms with Crippen molar-refractivity contribution in [3.8, 4) is 0 Å². The predicted octanol–water partition coefficient (Wildman–Crippen LogP) is 9.64. The van der Waals surface area contributed by atoms with Crippen LogP contribution in [-0.2, 0) is 110 Å². The number of hydrogen-bond acceptors (Lipinski definition) is 28. The van der Waals surface area contributed by atoms with Crippen LogP contribution in [0.5, 0.6) is 0 Å². The van der Waals surface area contributed by atoms with Crippen molar-refractivity contribution in [2.24, 2.45) is 11.8 Å². The van der Waals surface area contributed by atoms with Crippen molar-refractivity contribution in [2.45, 2.75) is 228 Å². The first-order chi connectivity index (χ1) is 57.7. The lowest BCUT2D eigenvalue weighted by Gasteiger charge is -2.25. The number of sulfone groups is 6. The van der Waals surface area contributed by atoms with E-state index in [1.165, 1.54) is 71.5 Å². The number of alkyl halides is 2. The second-order valence-corrected chi connectivity index (χ2v) is 42.5. The fraction of sp³-hybridized carbons (Fsp3) is 0.400. The number of aromatic nitrogens is 18. The lowest BCUT2D eigenvalue weighted by molar-refractivity contribution is -0.0611. The number of halogens is 2. The second kappa shape index (κ2) is 36.5. The van der Waals surface area contributed by atoms with Gasteiger partial charge in [0.05, 0.1) is 123 Å². The number of rotatable bonds is 24. The number of nitrogens with zero attached hydrogens (tertiary/aromatic N) is 18. The molecule has 6 aliphatic rings. The van der Waals surface area contributed by atoms with Crippen LogP contribution in [0.2, 0.25) is 0 Å². The molecule has 34 nitrogen and oxygen atoms in total. The molecule has 2 saturated carbocycles. The molecule has 2 aliphatic carbocycles. The average Bonchev–Trinajstić information content (AvgIpc) is 1.62. The zero-order chi connectivity index (χ0) is 87.3. The van der Waals surface area contributed by atoms with E-state index in [1.807, 2.05) is 62.3 Å². The lowest BCUT2D eigenvalue weighted by atomic mass is 10.0. The summed E-state index contributed by atoms with van der Waals surface area (Å²) in [5, 5.41) is 45.4. The molecular formula is C80H92F2N18O16S6. The van der Waals surface area contributed by atoms with Crippen molar-refractivity contribution in [3.63, 3.8) is 0 Å². The molecule has 648 valence electrons. The van der Waals surface area contributed by atoms with Gasteiger partial charge in [0.2, 0.25) is 89.2 Å². The van der Waals surface area contributed by atoms with Gasteiger partial charge in [0, 0.05) is 32.1 Å². The third kappa shape index (κ3) is 21.9. The Labute approximate surface area is 705 Å². The van der Waals surface area contributed by atoms with E-state index in [9.17, 15) is 59.3 Å². The molecule has 6 fully saturated rings. The minimum absolute atomic E-state index is 0.00975. The fourth-order valence-electron chi connectivity index (χ4n) is 12.2. The molecule has 6 atom stereocenters. The van der Waals surface area contributed by atoms with E-state index in [4.69, 9.17) is 18.9 Å². The van der Waals surface area contributed by atoms with Crippen molar-refractivity contribution < 1.29 is 78.2 Å². The summed E-state index contributed by atoms with van der Waals surface area (Å²) in [7, 11) is -21.7. The highest BCUT2D eigenvalue weighted by Crippen LogP contribution is 2.49. The Balaban J connectivity index is 0.000000126. The van der Waals surface area contributed by atoms with Gasteiger partial charge in [-0.3, -0.25) is 9.36 Å². The van der Waals surface area contributed by atoms with Crippen molar-refractivity contribution >= 4 is 59.0 Å². The van der Waals surface area contributed by atoms with Crippen molar-refractivity contribution in [2.75, 3.05) is 26.4 Å². The first kappa shape index (κ1) is 89.3. The predicted molar refractivity (Wildman–Crippen MR) is 433 cm³/mol. The normalized spacial score (nSPS) is 18.8. The summed E-state index contributed by atoms with van der Waals surface area (Å²) in [6.45, 7) is 21.9. The highest BCUT2D eigenvalue weighted by molar-refractivity contribution is 7.92. The van der Waals surface area contributed by atoms with Gasteiger partial charge in [0.15, 0.2) is 0 Å². The number of ether oxygens (including phenoxy) is 4. The molecule has 12 aromatic rings. The van der Waals surface area contributed by atoms with Crippen LogP contribution < -0.4 is 0 Å². The van der Waals surface area contributed by atoms with Gasteiger partial charge >= 0.3 is 0 Å². The summed E-state index contributed by atoms with van der Waals surface area (Å²) in [6.07, 6.45) is 14.1. The van der Waals surface area contributed by atoms with Crippen LogP contribution in [0, 0.1) is 53.4 Å². The van der Waals surface area contributed by atoms with E-state index in [1.54, 1.807) is 148 Å². The van der Waals surface area contributed by atoms with Crippen molar-refractivity contribution in [1.82, 2.24) is 90.0 Å². The highest BCUT2D eigenvalue weighted by atomic mass is 32.2. The maximum atomic E-state index is 12.8. The van der Waals surface area contributed by atoms with Crippen LogP contribution in [0.1, 0.15) is 98.7 Å². The summed E-state index contributed by atoms with van der Waals surface area (Å²) in [6, 6.07) is 39.9. The minimum Gasteiger partial charge on any atom is -0.376 e. The SMILES string of the molecule is Cc1ccc(S(=O)(=O)c2cn(C(C)(C)C3CO3)nn2)cc1.Cc1ccc(S(=O)(=O)c2cn(C(C)C3CO3)nn2)cc1.Cc1ccc(S(=O)(=O)c2cn(CC3CC3(F)F)nn2)cc1.Cc1ccc(S(=O)(=O)c2cn(CC3CC3)nn2)cc1.Cc1ccc(S(=O)(=O)c2cn(CC3CCCO3)nn2)cc1.Cc1ccc(S(=O)(=O)c2cn(CC3CCO3)nn2)cc1. The van der Waals surface area contributed by atoms with Gasteiger partial charge < -0.3 is 18.9 Å². The molecule has 0 spiro atoms. The fourth-order valence-corrected chi connectivity index (χ4v) is 19.0. The summed E-state index contributed by atoms with van der Waals surface area (Å²) in [5.74, 6) is -2.81. The molecule has 18 rings (SSSR count). The van der Waals surface area contributed by atoms with E-state index >= 15 is 0 Å². The zero-order valence-corrected chi connectivity index (χ0v) is 72.9. The molecule has 6 aromatic carbocycles. The molecular weight excluding hydrogens is 1700 g/mol. The van der Waals surface area contributed by atoms with Crippen LogP contribution in [0.4, 0.5) is 8.78 Å². The number of epoxide rings is 2. The Morgan fingerprint density at radius 1 is 0.377 bits per heavy atom. The van der Waals surface area contributed by atoms with Crippen LogP contribution in [0.15, 0.2) is 242 Å². The number of aryl methyl sites for hydroxylation is 6. The van der Waals surface area contributed by atoms with Gasteiger partial charge in [-0.25, -0.2) is 78.0 Å². The van der Waals surface area contributed by atoms with E-state index < -0.39 is 76.4 Å². The van der Waals surface area contributed by atoms with Gasteiger partial charge in [-0.05, 0) is 173 Å². The maximum absolute atomic E-state index is 12.8. The Hall–Kier alpha value is -10.4. The van der Waals surface area contributed by atoms with Gasteiger partial charge in [-0.1, -0.05) is 137 Å². The van der Waals surface area contributed by atoms with Gasteiger partial charge in [0.1, 0.15) is 12.2 Å². The summed E-state index contributed by atoms with van der Waals surface area (Å²) < 4.78 is 205. The molecule has 4 saturated heterocycles. The third-order valence-corrected chi connectivity index (χ3v) is 30.6. The zero-order valence-electron chi connectivity index (χ0n) is 68.0. The highest BCUT2D eigenvalue weighted by Gasteiger charge is 2.57. The Morgan fingerprint density at radius 3 is 0.951 bits per heavy atom. The van der Waals surface area contributed by atoms with Crippen molar-refractivity contribution in [1.29, 1.82) is 0 Å². The standard InChI is InChI=1S/2C14H17N3O3S.C13H13F2N3O2S.2C13H15N3O3S.C13H15N3O2S/c1-10-4-6-11(7-5-10)21(18,19)13-8-17(16-15-13)14(2,3)12-9-20-12;1-11-4-6-13(7-5-11)21(18,19)14-10-17(16-15-14)9-12-3-2-8-20-12;1-9-2-4-11(5-3-9)21(19,20)12-8-18(17-16-12)7-10-6-13(10,14)15;1-9-3-5-11(6-4-9)20(17,18)13-7-16(15-14-13)10(2)12-8-19-12;1-10-2-4-12(5-3-10)20(17,18)13-9-16(15-14-13)8-11-6-7-19-11;1-10-2-6-12(7-3-10)19(17,18)13-9-16(15-14-13)8-11-4-5-11/h4-8,12H,9H2,1-3H3;4-7,10,12H,2-3,8-9H2,1H3;2-5,8,10H,6-7H2,1H3;3-7,10,12H,8H2,1-2H3;2-5,9,11H,6-8H2,1H3;2-3,6-7,9,11H,4-5,8H2,1H3. The van der Waals surface area contributed by atoms with Crippen LogP contribution in [0.3, 0.4) is 0 Å². The summed E-state index contributed by atoms with van der Waals surface area (Å²) in [5.41, 5.74) is 5.58. The largest absolute Gasteiger partial charge is 0.376 e. The van der Waals surface area contributed by atoms with Crippen LogP contribution >= 0.6 is 0 Å². The van der Waals surface area contributed by atoms with Crippen LogP contribution in [0.25, 0.3) is 0 Å². The summed E-state index contributed by atoms with van der Waals surface area (Å²) >= 11 is 0. The molecule has 10 heterocycles. The molecule has 0 bridgehead atoms. The maximum Gasteiger partial charge on any atom is 0.253 e.